The van der Waals surface area contributed by atoms with Gasteiger partial charge in [0.05, 0.1) is 11.6 Å². The molecule has 0 aromatic carbocycles. The lowest BCUT2D eigenvalue weighted by Gasteiger charge is -2.28. The number of rotatable bonds is 4. The summed E-state index contributed by atoms with van der Waals surface area (Å²) in [5.41, 5.74) is 0.739. The minimum absolute atomic E-state index is 0.0311. The fraction of sp³-hybridized carbons (Fsp3) is 0.615. The Balaban J connectivity index is 2.01. The third-order valence-corrected chi connectivity index (χ3v) is 3.57. The normalized spacial score (nSPS) is 16.8. The van der Waals surface area contributed by atoms with Crippen LogP contribution >= 0.6 is 11.6 Å². The Hall–Kier alpha value is -0.840. The second-order valence-electron chi connectivity index (χ2n) is 4.74. The average Bonchev–Trinajstić information content (AvgIpc) is 2.39. The molecule has 1 aliphatic rings. The van der Waals surface area contributed by atoms with Gasteiger partial charge in [-0.1, -0.05) is 11.6 Å². The number of hydrogen-bond acceptors (Lipinski definition) is 4. The second-order valence-corrected chi connectivity index (χ2v) is 5.15. The predicted octanol–water partition coefficient (Wildman–Crippen LogP) is 2.09. The Morgan fingerprint density at radius 2 is 2.22 bits per heavy atom. The molecule has 1 aliphatic heterocycles. The number of nitrogens with zero attached hydrogens (tertiary/aromatic N) is 2. The van der Waals surface area contributed by atoms with E-state index in [0.717, 1.165) is 44.0 Å². The summed E-state index contributed by atoms with van der Waals surface area (Å²) in [6.07, 6.45) is 3.86. The van der Waals surface area contributed by atoms with Gasteiger partial charge in [-0.05, 0) is 30.4 Å². The van der Waals surface area contributed by atoms with Crippen molar-refractivity contribution in [2.75, 3.05) is 31.7 Å². The molecule has 0 unspecified atom stereocenters. The van der Waals surface area contributed by atoms with E-state index in [0.29, 0.717) is 10.9 Å². The first-order valence-corrected chi connectivity index (χ1v) is 6.62. The van der Waals surface area contributed by atoms with Gasteiger partial charge in [0.25, 0.3) is 0 Å². The number of ether oxygens (including phenoxy) is 1. The summed E-state index contributed by atoms with van der Waals surface area (Å²) in [4.78, 5) is 6.40. The minimum Gasteiger partial charge on any atom is -0.392 e. The Bertz CT molecular complexity index is 395. The molecule has 1 aromatic heterocycles. The van der Waals surface area contributed by atoms with Crippen LogP contribution in [0.5, 0.6) is 0 Å². The van der Waals surface area contributed by atoms with E-state index in [2.05, 4.69) is 9.88 Å². The van der Waals surface area contributed by atoms with Gasteiger partial charge in [0.15, 0.2) is 0 Å². The van der Waals surface area contributed by atoms with Crippen LogP contribution < -0.4 is 4.90 Å². The van der Waals surface area contributed by atoms with Gasteiger partial charge in [-0.3, -0.25) is 0 Å². The van der Waals surface area contributed by atoms with Crippen molar-refractivity contribution < 1.29 is 9.84 Å². The van der Waals surface area contributed by atoms with E-state index in [9.17, 15) is 0 Å². The van der Waals surface area contributed by atoms with Crippen molar-refractivity contribution in [2.45, 2.75) is 19.4 Å². The molecule has 2 heterocycles. The first-order chi connectivity index (χ1) is 8.70. The third kappa shape index (κ3) is 3.34. The van der Waals surface area contributed by atoms with Gasteiger partial charge >= 0.3 is 0 Å². The molecule has 1 N–H and O–H groups in total. The van der Waals surface area contributed by atoms with E-state index in [-0.39, 0.29) is 6.61 Å². The summed E-state index contributed by atoms with van der Waals surface area (Å²) in [6, 6.07) is 1.77. The highest BCUT2D eigenvalue weighted by Gasteiger charge is 2.17. The number of aromatic nitrogens is 1. The van der Waals surface area contributed by atoms with Crippen LogP contribution in [-0.2, 0) is 11.3 Å². The number of hydrogen-bond donors (Lipinski definition) is 1. The molecule has 2 rings (SSSR count). The Labute approximate surface area is 113 Å². The second kappa shape index (κ2) is 6.36. The average molecular weight is 271 g/mol. The van der Waals surface area contributed by atoms with E-state index in [1.54, 1.807) is 12.3 Å². The zero-order valence-electron chi connectivity index (χ0n) is 10.6. The molecule has 0 spiro atoms. The molecule has 0 saturated carbocycles. The van der Waals surface area contributed by atoms with Crippen molar-refractivity contribution in [3.8, 4) is 0 Å². The Kier molecular flexibility index (Phi) is 4.80. The SMILES string of the molecule is CN(CC1CCOCC1)c1ncc(CO)cc1Cl. The minimum atomic E-state index is -0.0311. The third-order valence-electron chi connectivity index (χ3n) is 3.30. The largest absolute Gasteiger partial charge is 0.392 e. The molecule has 0 atom stereocenters. The maximum absolute atomic E-state index is 9.03. The lowest BCUT2D eigenvalue weighted by atomic mass is 10.00. The summed E-state index contributed by atoms with van der Waals surface area (Å²) >= 11 is 6.18. The molecular weight excluding hydrogens is 252 g/mol. The topological polar surface area (TPSA) is 45.6 Å². The molecule has 100 valence electrons. The van der Waals surface area contributed by atoms with Gasteiger partial charge in [0.2, 0.25) is 0 Å². The first-order valence-electron chi connectivity index (χ1n) is 6.25. The molecule has 1 aromatic rings. The highest BCUT2D eigenvalue weighted by Crippen LogP contribution is 2.25. The van der Waals surface area contributed by atoms with E-state index in [4.69, 9.17) is 21.4 Å². The molecule has 5 heteroatoms. The molecule has 0 aliphatic carbocycles. The summed E-state index contributed by atoms with van der Waals surface area (Å²) in [5, 5.41) is 9.62. The fourth-order valence-corrected chi connectivity index (χ4v) is 2.57. The van der Waals surface area contributed by atoms with Crippen molar-refractivity contribution in [3.63, 3.8) is 0 Å². The lowest BCUT2D eigenvalue weighted by molar-refractivity contribution is 0.0685. The number of aliphatic hydroxyl groups is 1. The zero-order valence-corrected chi connectivity index (χ0v) is 11.4. The van der Waals surface area contributed by atoms with Gasteiger partial charge in [-0.15, -0.1) is 0 Å². The molecule has 18 heavy (non-hydrogen) atoms. The van der Waals surface area contributed by atoms with E-state index >= 15 is 0 Å². The van der Waals surface area contributed by atoms with E-state index < -0.39 is 0 Å². The number of pyridine rings is 1. The zero-order chi connectivity index (χ0) is 13.0. The van der Waals surface area contributed by atoms with Crippen LogP contribution in [0.25, 0.3) is 0 Å². The molecule has 0 bridgehead atoms. The maximum Gasteiger partial charge on any atom is 0.147 e. The lowest BCUT2D eigenvalue weighted by Crippen LogP contribution is -2.30. The fourth-order valence-electron chi connectivity index (χ4n) is 2.24. The number of aliphatic hydroxyl groups excluding tert-OH is 1. The summed E-state index contributed by atoms with van der Waals surface area (Å²) in [6.45, 7) is 2.61. The summed E-state index contributed by atoms with van der Waals surface area (Å²) in [7, 11) is 2.00. The smallest absolute Gasteiger partial charge is 0.147 e. The van der Waals surface area contributed by atoms with Gasteiger partial charge in [0, 0.05) is 33.0 Å². The molecular formula is C13H19ClN2O2. The van der Waals surface area contributed by atoms with Gasteiger partial charge in [-0.2, -0.15) is 0 Å². The highest BCUT2D eigenvalue weighted by molar-refractivity contribution is 6.33. The van der Waals surface area contributed by atoms with E-state index in [1.807, 2.05) is 7.05 Å². The molecule has 1 saturated heterocycles. The Morgan fingerprint density at radius 1 is 1.50 bits per heavy atom. The standard InChI is InChI=1S/C13H19ClN2O2/c1-16(8-10-2-4-18-5-3-10)13-12(14)6-11(9-17)7-15-13/h6-7,10,17H,2-5,8-9H2,1H3. The molecule has 4 nitrogen and oxygen atoms in total. The number of halogens is 1. The predicted molar refractivity (Wildman–Crippen MR) is 72.0 cm³/mol. The summed E-state index contributed by atoms with van der Waals surface area (Å²) < 4.78 is 5.35. The Morgan fingerprint density at radius 3 is 2.83 bits per heavy atom. The van der Waals surface area contributed by atoms with Crippen molar-refractivity contribution in [3.05, 3.63) is 22.8 Å². The van der Waals surface area contributed by atoms with Gasteiger partial charge in [0.1, 0.15) is 5.82 Å². The number of anilines is 1. The van der Waals surface area contributed by atoms with Crippen LogP contribution in [0, 0.1) is 5.92 Å². The van der Waals surface area contributed by atoms with Crippen LogP contribution in [0.2, 0.25) is 5.02 Å². The summed E-state index contributed by atoms with van der Waals surface area (Å²) in [5.74, 6) is 1.42. The van der Waals surface area contributed by atoms with Gasteiger partial charge in [-0.25, -0.2) is 4.98 Å². The van der Waals surface area contributed by atoms with Crippen LogP contribution in [-0.4, -0.2) is 36.9 Å². The quantitative estimate of drug-likeness (QED) is 0.910. The van der Waals surface area contributed by atoms with Crippen molar-refractivity contribution in [1.29, 1.82) is 0 Å². The van der Waals surface area contributed by atoms with Crippen LogP contribution in [0.15, 0.2) is 12.3 Å². The van der Waals surface area contributed by atoms with Crippen LogP contribution in [0.3, 0.4) is 0 Å². The van der Waals surface area contributed by atoms with E-state index in [1.165, 1.54) is 0 Å². The van der Waals surface area contributed by atoms with Crippen molar-refractivity contribution in [2.24, 2.45) is 5.92 Å². The molecule has 0 amide bonds. The van der Waals surface area contributed by atoms with Crippen molar-refractivity contribution in [1.82, 2.24) is 4.98 Å². The molecule has 1 fully saturated rings. The monoisotopic (exact) mass is 270 g/mol. The highest BCUT2D eigenvalue weighted by atomic mass is 35.5. The first kappa shape index (κ1) is 13.6. The van der Waals surface area contributed by atoms with Gasteiger partial charge < -0.3 is 14.7 Å². The molecule has 0 radical (unpaired) electrons. The van der Waals surface area contributed by atoms with Crippen LogP contribution in [0.4, 0.5) is 5.82 Å². The van der Waals surface area contributed by atoms with Crippen molar-refractivity contribution >= 4 is 17.4 Å². The van der Waals surface area contributed by atoms with Crippen LogP contribution in [0.1, 0.15) is 18.4 Å². The maximum atomic E-state index is 9.03.